The number of likely N-dealkylation sites (N-methyl/N-ethyl adjacent to an activating group) is 1. The number of benzene rings is 1. The maximum atomic E-state index is 5.73. The molecule has 3 rings (SSSR count). The van der Waals surface area contributed by atoms with Crippen LogP contribution in [0.15, 0.2) is 24.3 Å². The lowest BCUT2D eigenvalue weighted by atomic mass is 10.0. The molecule has 0 atom stereocenters. The predicted molar refractivity (Wildman–Crippen MR) is 77.1 cm³/mol. The van der Waals surface area contributed by atoms with E-state index >= 15 is 0 Å². The fourth-order valence-corrected chi connectivity index (χ4v) is 2.60. The van der Waals surface area contributed by atoms with Crippen LogP contribution in [0.1, 0.15) is 17.0 Å². The molecule has 0 saturated carbocycles. The zero-order valence-electron chi connectivity index (χ0n) is 11.3. The molecule has 98 valence electrons. The molecular weight excluding hydrogens is 236 g/mol. The molecule has 4 heteroatoms. The molecule has 1 aromatic heterocycles. The third kappa shape index (κ3) is 1.98. The molecule has 4 nitrogen and oxygen atoms in total. The second-order valence-corrected chi connectivity index (χ2v) is 4.98. The first-order chi connectivity index (χ1) is 9.20. The SMILES string of the molecule is Cc1ccccc1-c1nc(CN)nc2c1CCN2C. The van der Waals surface area contributed by atoms with Crippen molar-refractivity contribution < 1.29 is 0 Å². The van der Waals surface area contributed by atoms with Gasteiger partial charge in [-0.15, -0.1) is 0 Å². The molecule has 0 fully saturated rings. The highest BCUT2D eigenvalue weighted by molar-refractivity contribution is 5.73. The summed E-state index contributed by atoms with van der Waals surface area (Å²) in [7, 11) is 2.07. The fourth-order valence-electron chi connectivity index (χ4n) is 2.60. The average molecular weight is 254 g/mol. The van der Waals surface area contributed by atoms with Crippen LogP contribution in [0.25, 0.3) is 11.3 Å². The summed E-state index contributed by atoms with van der Waals surface area (Å²) < 4.78 is 0. The fraction of sp³-hybridized carbons (Fsp3) is 0.333. The number of aryl methyl sites for hydroxylation is 1. The molecule has 1 aliphatic heterocycles. The largest absolute Gasteiger partial charge is 0.359 e. The zero-order valence-corrected chi connectivity index (χ0v) is 11.3. The van der Waals surface area contributed by atoms with E-state index in [1.165, 1.54) is 16.7 Å². The summed E-state index contributed by atoms with van der Waals surface area (Å²) in [4.78, 5) is 11.4. The number of rotatable bonds is 2. The first-order valence-electron chi connectivity index (χ1n) is 6.57. The van der Waals surface area contributed by atoms with E-state index in [1.54, 1.807) is 0 Å². The summed E-state index contributed by atoms with van der Waals surface area (Å²) >= 11 is 0. The first-order valence-corrected chi connectivity index (χ1v) is 6.57. The Hall–Kier alpha value is -1.94. The lowest BCUT2D eigenvalue weighted by molar-refractivity contribution is 0.895. The van der Waals surface area contributed by atoms with Crippen LogP contribution < -0.4 is 10.6 Å². The zero-order chi connectivity index (χ0) is 13.4. The van der Waals surface area contributed by atoms with E-state index in [0.29, 0.717) is 12.4 Å². The van der Waals surface area contributed by atoms with Gasteiger partial charge in [-0.25, -0.2) is 9.97 Å². The number of anilines is 1. The third-order valence-electron chi connectivity index (χ3n) is 3.67. The Bertz CT molecular complexity index is 622. The Morgan fingerprint density at radius 2 is 2.05 bits per heavy atom. The molecule has 1 aliphatic rings. The topological polar surface area (TPSA) is 55.0 Å². The minimum atomic E-state index is 0.375. The van der Waals surface area contributed by atoms with Crippen molar-refractivity contribution in [1.82, 2.24) is 9.97 Å². The van der Waals surface area contributed by atoms with E-state index in [4.69, 9.17) is 5.73 Å². The Morgan fingerprint density at radius 3 is 2.79 bits per heavy atom. The molecule has 2 heterocycles. The third-order valence-corrected chi connectivity index (χ3v) is 3.67. The summed E-state index contributed by atoms with van der Waals surface area (Å²) in [6, 6.07) is 8.34. The van der Waals surface area contributed by atoms with Gasteiger partial charge in [0, 0.05) is 24.7 Å². The van der Waals surface area contributed by atoms with Gasteiger partial charge in [-0.05, 0) is 18.9 Å². The van der Waals surface area contributed by atoms with Crippen molar-refractivity contribution in [2.24, 2.45) is 5.73 Å². The normalized spacial score (nSPS) is 13.7. The van der Waals surface area contributed by atoms with Gasteiger partial charge in [0.15, 0.2) is 0 Å². The minimum absolute atomic E-state index is 0.375. The molecule has 0 aliphatic carbocycles. The minimum Gasteiger partial charge on any atom is -0.359 e. The van der Waals surface area contributed by atoms with E-state index < -0.39 is 0 Å². The Kier molecular flexibility index (Phi) is 2.95. The van der Waals surface area contributed by atoms with Crippen molar-refractivity contribution >= 4 is 5.82 Å². The van der Waals surface area contributed by atoms with Crippen molar-refractivity contribution in [1.29, 1.82) is 0 Å². The molecular formula is C15H18N4. The van der Waals surface area contributed by atoms with Crippen molar-refractivity contribution in [3.05, 3.63) is 41.2 Å². The average Bonchev–Trinajstić information content (AvgIpc) is 2.80. The van der Waals surface area contributed by atoms with E-state index in [-0.39, 0.29) is 0 Å². The molecule has 2 aromatic rings. The molecule has 0 amide bonds. The summed E-state index contributed by atoms with van der Waals surface area (Å²) in [5, 5.41) is 0. The van der Waals surface area contributed by atoms with Crippen LogP contribution in [0.4, 0.5) is 5.82 Å². The first kappa shape index (κ1) is 12.1. The smallest absolute Gasteiger partial charge is 0.144 e. The van der Waals surface area contributed by atoms with Crippen molar-refractivity contribution in [3.63, 3.8) is 0 Å². The van der Waals surface area contributed by atoms with Crippen LogP contribution >= 0.6 is 0 Å². The number of nitrogens with two attached hydrogens (primary N) is 1. The van der Waals surface area contributed by atoms with E-state index in [2.05, 4.69) is 53.1 Å². The Labute approximate surface area is 113 Å². The molecule has 2 N–H and O–H groups in total. The highest BCUT2D eigenvalue weighted by Gasteiger charge is 2.24. The van der Waals surface area contributed by atoms with Gasteiger partial charge in [0.2, 0.25) is 0 Å². The molecule has 0 spiro atoms. The number of fused-ring (bicyclic) bond motifs is 1. The molecule has 19 heavy (non-hydrogen) atoms. The standard InChI is InChI=1S/C15H18N4/c1-10-5-3-4-6-11(10)14-12-7-8-19(2)15(12)18-13(9-16)17-14/h3-6H,7-9,16H2,1-2H3. The van der Waals surface area contributed by atoms with Crippen LogP contribution in [0.2, 0.25) is 0 Å². The van der Waals surface area contributed by atoms with E-state index in [0.717, 1.165) is 24.5 Å². The van der Waals surface area contributed by atoms with Crippen molar-refractivity contribution in [2.45, 2.75) is 19.9 Å². The van der Waals surface area contributed by atoms with Gasteiger partial charge in [-0.2, -0.15) is 0 Å². The Balaban J connectivity index is 2.24. The van der Waals surface area contributed by atoms with Crippen LogP contribution in [-0.4, -0.2) is 23.6 Å². The second-order valence-electron chi connectivity index (χ2n) is 4.98. The monoisotopic (exact) mass is 254 g/mol. The summed E-state index contributed by atoms with van der Waals surface area (Å²) in [5.74, 6) is 1.75. The molecule has 0 unspecified atom stereocenters. The summed E-state index contributed by atoms with van der Waals surface area (Å²) in [6.07, 6.45) is 1.00. The number of nitrogens with zero attached hydrogens (tertiary/aromatic N) is 3. The van der Waals surface area contributed by atoms with Crippen LogP contribution in [0, 0.1) is 6.92 Å². The number of hydrogen-bond acceptors (Lipinski definition) is 4. The number of aromatic nitrogens is 2. The van der Waals surface area contributed by atoms with Crippen molar-refractivity contribution in [2.75, 3.05) is 18.5 Å². The summed E-state index contributed by atoms with van der Waals surface area (Å²) in [6.45, 7) is 3.49. The van der Waals surface area contributed by atoms with Gasteiger partial charge in [0.25, 0.3) is 0 Å². The van der Waals surface area contributed by atoms with Crippen LogP contribution in [0.5, 0.6) is 0 Å². The summed E-state index contributed by atoms with van der Waals surface area (Å²) in [5.41, 5.74) is 10.4. The second kappa shape index (κ2) is 4.63. The molecule has 1 aromatic carbocycles. The van der Waals surface area contributed by atoms with Crippen LogP contribution in [-0.2, 0) is 13.0 Å². The van der Waals surface area contributed by atoms with Gasteiger partial charge in [0.05, 0.1) is 12.2 Å². The Morgan fingerprint density at radius 1 is 1.26 bits per heavy atom. The van der Waals surface area contributed by atoms with Gasteiger partial charge in [-0.1, -0.05) is 24.3 Å². The molecule has 0 radical (unpaired) electrons. The van der Waals surface area contributed by atoms with Gasteiger partial charge < -0.3 is 10.6 Å². The van der Waals surface area contributed by atoms with Crippen molar-refractivity contribution in [3.8, 4) is 11.3 Å². The van der Waals surface area contributed by atoms with E-state index in [1.807, 2.05) is 0 Å². The molecule has 0 saturated heterocycles. The highest BCUT2D eigenvalue weighted by atomic mass is 15.2. The van der Waals surface area contributed by atoms with E-state index in [9.17, 15) is 0 Å². The van der Waals surface area contributed by atoms with Gasteiger partial charge in [-0.3, -0.25) is 0 Å². The van der Waals surface area contributed by atoms with Gasteiger partial charge in [0.1, 0.15) is 11.6 Å². The maximum absolute atomic E-state index is 5.73. The number of hydrogen-bond donors (Lipinski definition) is 1. The van der Waals surface area contributed by atoms with Gasteiger partial charge >= 0.3 is 0 Å². The quantitative estimate of drug-likeness (QED) is 0.889. The molecule has 0 bridgehead atoms. The van der Waals surface area contributed by atoms with Crippen LogP contribution in [0.3, 0.4) is 0 Å². The predicted octanol–water partition coefficient (Wildman–Crippen LogP) is 1.90. The lowest BCUT2D eigenvalue weighted by Crippen LogP contribution is -2.15. The lowest BCUT2D eigenvalue weighted by Gasteiger charge is -2.14. The highest BCUT2D eigenvalue weighted by Crippen LogP contribution is 2.34. The maximum Gasteiger partial charge on any atom is 0.144 e.